The van der Waals surface area contributed by atoms with Crippen LogP contribution >= 0.6 is 0 Å². The number of benzene rings is 2. The number of aryl methyl sites for hydroxylation is 2. The number of aromatic nitrogens is 1. The van der Waals surface area contributed by atoms with Crippen LogP contribution in [-0.2, 0) is 0 Å². The van der Waals surface area contributed by atoms with E-state index in [1.807, 2.05) is 31.2 Å². The van der Waals surface area contributed by atoms with E-state index >= 15 is 0 Å². The molecule has 1 N–H and O–H groups in total. The van der Waals surface area contributed by atoms with Gasteiger partial charge < -0.3 is 9.72 Å². The summed E-state index contributed by atoms with van der Waals surface area (Å²) in [5.74, 6) is -0.126. The van der Waals surface area contributed by atoms with Crippen molar-refractivity contribution in [2.45, 2.75) is 26.9 Å². The van der Waals surface area contributed by atoms with Gasteiger partial charge in [-0.05, 0) is 38.5 Å². The summed E-state index contributed by atoms with van der Waals surface area (Å²) in [5, 5.41) is 12.0. The molecule has 0 aliphatic rings. The number of para-hydroxylation sites is 1. The van der Waals surface area contributed by atoms with Gasteiger partial charge in [-0.15, -0.1) is 0 Å². The van der Waals surface area contributed by atoms with Crippen LogP contribution in [0.25, 0.3) is 10.9 Å². The number of nitrogens with zero attached hydrogens (tertiary/aromatic N) is 1. The molecular formula is C19H18N2O4. The van der Waals surface area contributed by atoms with Crippen LogP contribution in [0.2, 0.25) is 0 Å². The van der Waals surface area contributed by atoms with E-state index in [-0.39, 0.29) is 17.2 Å². The standard InChI is InChI=1S/C19H18N2O4/c1-11-8-9-17(16(10-11)21(23)24)25-13(3)19(22)18-12(2)20-15-7-5-4-6-14(15)18/h4-10,13,20H,1-3H3/t13-/m0/s1. The van der Waals surface area contributed by atoms with E-state index in [4.69, 9.17) is 4.74 Å². The van der Waals surface area contributed by atoms with E-state index in [2.05, 4.69) is 4.98 Å². The molecule has 0 aliphatic carbocycles. The highest BCUT2D eigenvalue weighted by Crippen LogP contribution is 2.30. The summed E-state index contributed by atoms with van der Waals surface area (Å²) in [4.78, 5) is 26.8. The van der Waals surface area contributed by atoms with E-state index in [9.17, 15) is 14.9 Å². The van der Waals surface area contributed by atoms with Crippen LogP contribution in [-0.4, -0.2) is 21.8 Å². The highest BCUT2D eigenvalue weighted by Gasteiger charge is 2.25. The molecule has 0 fully saturated rings. The molecule has 0 unspecified atom stereocenters. The van der Waals surface area contributed by atoms with E-state index < -0.39 is 11.0 Å². The fourth-order valence-electron chi connectivity index (χ4n) is 2.91. The summed E-state index contributed by atoms with van der Waals surface area (Å²) < 4.78 is 5.65. The van der Waals surface area contributed by atoms with Crippen LogP contribution in [0.5, 0.6) is 5.75 Å². The van der Waals surface area contributed by atoms with E-state index in [1.165, 1.54) is 12.1 Å². The Labute approximate surface area is 144 Å². The van der Waals surface area contributed by atoms with Gasteiger partial charge in [-0.25, -0.2) is 0 Å². The first-order valence-corrected chi connectivity index (χ1v) is 7.91. The van der Waals surface area contributed by atoms with Gasteiger partial charge >= 0.3 is 5.69 Å². The second-order valence-corrected chi connectivity index (χ2v) is 6.02. The third-order valence-corrected chi connectivity index (χ3v) is 4.12. The van der Waals surface area contributed by atoms with Crippen LogP contribution in [0, 0.1) is 24.0 Å². The fraction of sp³-hybridized carbons (Fsp3) is 0.211. The summed E-state index contributed by atoms with van der Waals surface area (Å²) >= 11 is 0. The number of Topliss-reactive ketones (excluding diaryl/α,β-unsaturated/α-hetero) is 1. The molecule has 0 radical (unpaired) electrons. The van der Waals surface area contributed by atoms with Gasteiger partial charge in [-0.2, -0.15) is 0 Å². The first kappa shape index (κ1) is 16.7. The molecule has 3 aromatic rings. The van der Waals surface area contributed by atoms with E-state index in [0.717, 1.165) is 22.2 Å². The average molecular weight is 338 g/mol. The van der Waals surface area contributed by atoms with E-state index in [0.29, 0.717) is 5.56 Å². The maximum atomic E-state index is 12.9. The Morgan fingerprint density at radius 3 is 2.64 bits per heavy atom. The third-order valence-electron chi connectivity index (χ3n) is 4.12. The van der Waals surface area contributed by atoms with Gasteiger partial charge in [0.05, 0.1) is 4.92 Å². The Morgan fingerprint density at radius 1 is 1.20 bits per heavy atom. The second-order valence-electron chi connectivity index (χ2n) is 6.02. The van der Waals surface area contributed by atoms with Gasteiger partial charge in [-0.3, -0.25) is 14.9 Å². The summed E-state index contributed by atoms with van der Waals surface area (Å²) in [7, 11) is 0. The van der Waals surface area contributed by atoms with Crippen molar-refractivity contribution in [1.82, 2.24) is 4.98 Å². The van der Waals surface area contributed by atoms with Crippen LogP contribution in [0.4, 0.5) is 5.69 Å². The highest BCUT2D eigenvalue weighted by atomic mass is 16.6. The number of aromatic amines is 1. The predicted octanol–water partition coefficient (Wildman–Crippen LogP) is 4.34. The third kappa shape index (κ3) is 3.10. The van der Waals surface area contributed by atoms with Crippen LogP contribution in [0.3, 0.4) is 0 Å². The van der Waals surface area contributed by atoms with Gasteiger partial charge in [-0.1, -0.05) is 24.3 Å². The van der Waals surface area contributed by atoms with Gasteiger partial charge in [0.1, 0.15) is 0 Å². The lowest BCUT2D eigenvalue weighted by atomic mass is 10.0. The largest absolute Gasteiger partial charge is 0.475 e. The predicted molar refractivity (Wildman–Crippen MR) is 95.3 cm³/mol. The van der Waals surface area contributed by atoms with Gasteiger partial charge in [0.2, 0.25) is 5.78 Å². The Balaban J connectivity index is 1.94. The van der Waals surface area contributed by atoms with Gasteiger partial charge in [0.15, 0.2) is 11.9 Å². The Morgan fingerprint density at radius 2 is 1.92 bits per heavy atom. The number of nitro benzene ring substituents is 1. The summed E-state index contributed by atoms with van der Waals surface area (Å²) in [5.41, 5.74) is 2.79. The number of H-pyrrole nitrogens is 1. The molecule has 1 heterocycles. The van der Waals surface area contributed by atoms with Crippen molar-refractivity contribution in [3.8, 4) is 5.75 Å². The molecule has 2 aromatic carbocycles. The summed E-state index contributed by atoms with van der Waals surface area (Å²) in [6.45, 7) is 5.20. The van der Waals surface area contributed by atoms with Crippen molar-refractivity contribution in [2.75, 3.05) is 0 Å². The lowest BCUT2D eigenvalue weighted by molar-refractivity contribution is -0.386. The number of rotatable bonds is 5. The minimum absolute atomic E-state index is 0.0916. The van der Waals surface area contributed by atoms with Crippen molar-refractivity contribution in [3.05, 3.63) is 69.4 Å². The SMILES string of the molecule is Cc1ccc(O[C@@H](C)C(=O)c2c(C)[nH]c3ccccc23)c([N+](=O)[O-])c1. The molecule has 0 bridgehead atoms. The van der Waals surface area contributed by atoms with Gasteiger partial charge in [0.25, 0.3) is 0 Å². The fourth-order valence-corrected chi connectivity index (χ4v) is 2.91. The summed E-state index contributed by atoms with van der Waals surface area (Å²) in [6, 6.07) is 12.2. The molecule has 0 spiro atoms. The molecule has 25 heavy (non-hydrogen) atoms. The number of nitro groups is 1. The molecule has 6 heteroatoms. The molecular weight excluding hydrogens is 320 g/mol. The molecule has 0 saturated heterocycles. The summed E-state index contributed by atoms with van der Waals surface area (Å²) in [6.07, 6.45) is -0.848. The molecule has 0 aliphatic heterocycles. The molecule has 3 rings (SSSR count). The average Bonchev–Trinajstić information content (AvgIpc) is 2.91. The van der Waals surface area contributed by atoms with E-state index in [1.54, 1.807) is 19.9 Å². The minimum atomic E-state index is -0.848. The zero-order valence-electron chi connectivity index (χ0n) is 14.2. The zero-order valence-corrected chi connectivity index (χ0v) is 14.2. The molecule has 1 atom stereocenters. The Hall–Kier alpha value is -3.15. The van der Waals surface area contributed by atoms with Gasteiger partial charge in [0, 0.05) is 28.2 Å². The monoisotopic (exact) mass is 338 g/mol. The number of hydrogen-bond donors (Lipinski definition) is 1. The van der Waals surface area contributed by atoms with Crippen LogP contribution in [0.15, 0.2) is 42.5 Å². The second kappa shape index (κ2) is 6.39. The van der Waals surface area contributed by atoms with Crippen molar-refractivity contribution >= 4 is 22.4 Å². The first-order chi connectivity index (χ1) is 11.9. The minimum Gasteiger partial charge on any atom is -0.475 e. The topological polar surface area (TPSA) is 85.2 Å². The zero-order chi connectivity index (χ0) is 18.1. The Kier molecular flexibility index (Phi) is 4.27. The number of nitrogens with one attached hydrogen (secondary N) is 1. The van der Waals surface area contributed by atoms with Crippen molar-refractivity contribution in [1.29, 1.82) is 0 Å². The number of ketones is 1. The number of carbonyl (C=O) groups is 1. The molecule has 128 valence electrons. The Bertz CT molecular complexity index is 975. The van der Waals surface area contributed by atoms with Crippen molar-refractivity contribution in [3.63, 3.8) is 0 Å². The van der Waals surface area contributed by atoms with Crippen LogP contribution in [0.1, 0.15) is 28.5 Å². The smallest absolute Gasteiger partial charge is 0.311 e. The normalized spacial score (nSPS) is 12.1. The van der Waals surface area contributed by atoms with Crippen LogP contribution < -0.4 is 4.74 Å². The lowest BCUT2D eigenvalue weighted by Gasteiger charge is -2.14. The van der Waals surface area contributed by atoms with Crippen molar-refractivity contribution in [2.24, 2.45) is 0 Å². The number of fused-ring (bicyclic) bond motifs is 1. The van der Waals surface area contributed by atoms with Crippen molar-refractivity contribution < 1.29 is 14.5 Å². The first-order valence-electron chi connectivity index (χ1n) is 7.91. The maximum Gasteiger partial charge on any atom is 0.311 e. The maximum absolute atomic E-state index is 12.9. The molecule has 1 aromatic heterocycles. The molecule has 0 saturated carbocycles. The highest BCUT2D eigenvalue weighted by molar-refractivity contribution is 6.11. The number of hydrogen-bond acceptors (Lipinski definition) is 4. The quantitative estimate of drug-likeness (QED) is 0.426. The number of ether oxygens (including phenoxy) is 1. The molecule has 6 nitrogen and oxygen atoms in total. The lowest BCUT2D eigenvalue weighted by Crippen LogP contribution is -2.24. The number of carbonyl (C=O) groups excluding carboxylic acids is 1. The molecule has 0 amide bonds.